The molecule has 3 fully saturated rings. The van der Waals surface area contributed by atoms with E-state index in [0.717, 1.165) is 25.7 Å². The molecular weight excluding hydrogens is 328 g/mol. The van der Waals surface area contributed by atoms with E-state index >= 15 is 0 Å². The molecule has 146 valence electrons. The number of carbonyl (C=O) groups excluding carboxylic acids is 3. The van der Waals surface area contributed by atoms with E-state index in [1.807, 2.05) is 0 Å². The normalized spacial score (nSPS) is 46.3. The van der Waals surface area contributed by atoms with E-state index in [1.165, 1.54) is 0 Å². The highest BCUT2D eigenvalue weighted by Gasteiger charge is 2.61. The Labute approximate surface area is 157 Å². The van der Waals surface area contributed by atoms with Gasteiger partial charge in [0.05, 0.1) is 0 Å². The molecule has 0 saturated heterocycles. The summed E-state index contributed by atoms with van der Waals surface area (Å²) in [5.74, 6) is 0.862. The van der Waals surface area contributed by atoms with Crippen molar-refractivity contribution in [1.29, 1.82) is 0 Å². The first-order valence-electron chi connectivity index (χ1n) is 10.3. The summed E-state index contributed by atoms with van der Waals surface area (Å²) in [5, 5.41) is 9.65. The van der Waals surface area contributed by atoms with Crippen LogP contribution in [0, 0.1) is 34.0 Å². The van der Waals surface area contributed by atoms with Crippen LogP contribution >= 0.6 is 0 Å². The predicted molar refractivity (Wildman–Crippen MR) is 99.5 cm³/mol. The molecule has 0 aliphatic heterocycles. The Hall–Kier alpha value is -1.03. The van der Waals surface area contributed by atoms with Crippen LogP contribution in [-0.4, -0.2) is 29.1 Å². The summed E-state index contributed by atoms with van der Waals surface area (Å²) in [6.45, 7) is 8.02. The van der Waals surface area contributed by atoms with E-state index in [9.17, 15) is 19.5 Å². The first-order valence-corrected chi connectivity index (χ1v) is 10.3. The number of rotatable bonds is 4. The van der Waals surface area contributed by atoms with Crippen molar-refractivity contribution in [2.75, 3.05) is 6.61 Å². The second-order valence-electron chi connectivity index (χ2n) is 9.94. The molecule has 4 heteroatoms. The van der Waals surface area contributed by atoms with Gasteiger partial charge in [-0.2, -0.15) is 0 Å². The van der Waals surface area contributed by atoms with Crippen molar-refractivity contribution < 1.29 is 19.5 Å². The van der Waals surface area contributed by atoms with Gasteiger partial charge in [0.1, 0.15) is 17.3 Å². The number of hydrogen-bond acceptors (Lipinski definition) is 4. The van der Waals surface area contributed by atoms with Gasteiger partial charge in [-0.25, -0.2) is 0 Å². The van der Waals surface area contributed by atoms with Crippen molar-refractivity contribution in [2.24, 2.45) is 34.0 Å². The summed E-state index contributed by atoms with van der Waals surface area (Å²) in [6, 6.07) is 0. The average molecular weight is 363 g/mol. The summed E-state index contributed by atoms with van der Waals surface area (Å²) in [6.07, 6.45) is 5.72. The number of ketones is 3. The minimum Gasteiger partial charge on any atom is -0.396 e. The number of aliphatic hydroxyl groups is 1. The Morgan fingerprint density at radius 2 is 1.81 bits per heavy atom. The molecule has 26 heavy (non-hydrogen) atoms. The lowest BCUT2D eigenvalue weighted by molar-refractivity contribution is -0.159. The van der Waals surface area contributed by atoms with Crippen LogP contribution in [0.3, 0.4) is 0 Å². The van der Waals surface area contributed by atoms with E-state index < -0.39 is 5.41 Å². The molecule has 0 bridgehead atoms. The first kappa shape index (κ1) is 19.7. The van der Waals surface area contributed by atoms with E-state index in [1.54, 1.807) is 6.92 Å². The molecule has 0 aromatic rings. The van der Waals surface area contributed by atoms with Gasteiger partial charge in [0.2, 0.25) is 0 Å². The monoisotopic (exact) mass is 362 g/mol. The molecule has 4 nitrogen and oxygen atoms in total. The van der Waals surface area contributed by atoms with Crippen LogP contribution in [0.25, 0.3) is 0 Å². The Bertz CT molecular complexity index is 626. The molecule has 6 atom stereocenters. The van der Waals surface area contributed by atoms with Crippen LogP contribution in [0.2, 0.25) is 0 Å². The van der Waals surface area contributed by atoms with Crippen molar-refractivity contribution in [2.45, 2.75) is 79.1 Å². The van der Waals surface area contributed by atoms with Crippen LogP contribution in [0.5, 0.6) is 0 Å². The van der Waals surface area contributed by atoms with Crippen LogP contribution in [0.4, 0.5) is 0 Å². The zero-order valence-electron chi connectivity index (χ0n) is 16.8. The predicted octanol–water partition coefficient (Wildman–Crippen LogP) is 3.74. The Balaban J connectivity index is 1.92. The highest BCUT2D eigenvalue weighted by atomic mass is 16.3. The maximum Gasteiger partial charge on any atom is 0.142 e. The van der Waals surface area contributed by atoms with E-state index in [2.05, 4.69) is 20.8 Å². The standard InChI is InChI=1S/C22H34O4/c1-14(24)17-5-6-18(21(17,3)11-12-23)16-8-9-20(2)13-15(25)7-10-22(20,4)19(16)26/h16-18,23H,5-13H2,1-4H3. The number of fused-ring (bicyclic) bond motifs is 1. The maximum absolute atomic E-state index is 13.7. The molecule has 0 aromatic carbocycles. The van der Waals surface area contributed by atoms with Gasteiger partial charge in [0.25, 0.3) is 0 Å². The van der Waals surface area contributed by atoms with Gasteiger partial charge in [-0.05, 0) is 62.2 Å². The second kappa shape index (κ2) is 6.54. The Morgan fingerprint density at radius 1 is 1.12 bits per heavy atom. The van der Waals surface area contributed by atoms with E-state index in [0.29, 0.717) is 37.2 Å². The average Bonchev–Trinajstić information content (AvgIpc) is 2.88. The molecule has 0 radical (unpaired) electrons. The summed E-state index contributed by atoms with van der Waals surface area (Å²) < 4.78 is 0. The summed E-state index contributed by atoms with van der Waals surface area (Å²) >= 11 is 0. The SMILES string of the molecule is CC(=O)C1CCC(C2CCC3(C)CC(=O)CCC3(C)C2=O)C1(C)CCO. The van der Waals surface area contributed by atoms with Gasteiger partial charge in [0, 0.05) is 36.7 Å². The third-order valence-electron chi connectivity index (χ3n) is 8.75. The third kappa shape index (κ3) is 2.71. The molecule has 0 aromatic heterocycles. The number of carbonyl (C=O) groups is 3. The lowest BCUT2D eigenvalue weighted by atomic mass is 9.47. The molecule has 6 unspecified atom stereocenters. The molecule has 0 amide bonds. The smallest absolute Gasteiger partial charge is 0.142 e. The van der Waals surface area contributed by atoms with Gasteiger partial charge in [-0.1, -0.05) is 20.8 Å². The van der Waals surface area contributed by atoms with Crippen LogP contribution < -0.4 is 0 Å². The molecule has 3 aliphatic carbocycles. The van der Waals surface area contributed by atoms with Crippen molar-refractivity contribution in [3.05, 3.63) is 0 Å². The molecular formula is C22H34O4. The summed E-state index contributed by atoms with van der Waals surface area (Å²) in [4.78, 5) is 38.0. The fraction of sp³-hybridized carbons (Fsp3) is 0.864. The van der Waals surface area contributed by atoms with Gasteiger partial charge < -0.3 is 5.11 Å². The van der Waals surface area contributed by atoms with Gasteiger partial charge in [-0.3, -0.25) is 14.4 Å². The molecule has 3 rings (SSSR count). The maximum atomic E-state index is 13.7. The lowest BCUT2D eigenvalue weighted by Gasteiger charge is -2.55. The number of Topliss-reactive ketones (excluding diaryl/α,β-unsaturated/α-hetero) is 3. The van der Waals surface area contributed by atoms with Crippen molar-refractivity contribution in [1.82, 2.24) is 0 Å². The van der Waals surface area contributed by atoms with Crippen LogP contribution in [-0.2, 0) is 14.4 Å². The van der Waals surface area contributed by atoms with Crippen molar-refractivity contribution in [3.63, 3.8) is 0 Å². The molecule has 3 aliphatic rings. The van der Waals surface area contributed by atoms with Gasteiger partial charge in [0.15, 0.2) is 0 Å². The highest BCUT2D eigenvalue weighted by Crippen LogP contribution is 2.62. The van der Waals surface area contributed by atoms with Crippen molar-refractivity contribution in [3.8, 4) is 0 Å². The zero-order valence-corrected chi connectivity index (χ0v) is 16.8. The second-order valence-corrected chi connectivity index (χ2v) is 9.94. The topological polar surface area (TPSA) is 71.4 Å². The van der Waals surface area contributed by atoms with Crippen molar-refractivity contribution >= 4 is 17.3 Å². The zero-order chi connectivity index (χ0) is 19.3. The fourth-order valence-electron chi connectivity index (χ4n) is 6.79. The Kier molecular flexibility index (Phi) is 4.96. The third-order valence-corrected chi connectivity index (χ3v) is 8.75. The quantitative estimate of drug-likeness (QED) is 0.827. The Morgan fingerprint density at radius 3 is 2.42 bits per heavy atom. The van der Waals surface area contributed by atoms with Gasteiger partial charge in [-0.15, -0.1) is 0 Å². The first-order chi connectivity index (χ1) is 12.1. The molecule has 0 spiro atoms. The van der Waals surface area contributed by atoms with Crippen LogP contribution in [0.15, 0.2) is 0 Å². The fourth-order valence-corrected chi connectivity index (χ4v) is 6.79. The number of aliphatic hydroxyl groups excluding tert-OH is 1. The number of hydrogen-bond donors (Lipinski definition) is 1. The minimum absolute atomic E-state index is 0.0397. The largest absolute Gasteiger partial charge is 0.396 e. The minimum atomic E-state index is -0.432. The molecule has 1 N–H and O–H groups in total. The lowest BCUT2D eigenvalue weighted by Crippen LogP contribution is -2.56. The molecule has 3 saturated carbocycles. The summed E-state index contributed by atoms with van der Waals surface area (Å²) in [7, 11) is 0. The summed E-state index contributed by atoms with van der Waals surface area (Å²) in [5.41, 5.74) is -0.949. The van der Waals surface area contributed by atoms with Crippen LogP contribution in [0.1, 0.15) is 79.1 Å². The van der Waals surface area contributed by atoms with E-state index in [4.69, 9.17) is 0 Å². The highest BCUT2D eigenvalue weighted by molar-refractivity contribution is 5.92. The van der Waals surface area contributed by atoms with Gasteiger partial charge >= 0.3 is 0 Å². The molecule has 0 heterocycles. The van der Waals surface area contributed by atoms with E-state index in [-0.39, 0.29) is 41.0 Å².